The van der Waals surface area contributed by atoms with Crippen LogP contribution in [0.25, 0.3) is 16.8 Å². The summed E-state index contributed by atoms with van der Waals surface area (Å²) in [5.41, 5.74) is 3.05. The van der Waals surface area contributed by atoms with Crippen LogP contribution < -0.4 is 10.9 Å². The Bertz CT molecular complexity index is 1070. The van der Waals surface area contributed by atoms with E-state index in [1.807, 2.05) is 30.3 Å². The van der Waals surface area contributed by atoms with Crippen LogP contribution in [0.2, 0.25) is 0 Å². The van der Waals surface area contributed by atoms with Gasteiger partial charge in [0, 0.05) is 12.1 Å². The molecule has 0 bridgehead atoms. The number of carbonyl (C=O) groups is 1. The van der Waals surface area contributed by atoms with Crippen LogP contribution in [0.4, 0.5) is 0 Å². The Labute approximate surface area is 162 Å². The molecule has 1 amide bonds. The first-order valence-electron chi connectivity index (χ1n) is 9.68. The van der Waals surface area contributed by atoms with Crippen LogP contribution in [-0.4, -0.2) is 32.3 Å². The average Bonchev–Trinajstić information content (AvgIpc) is 3.18. The molecule has 2 N–H and O–H groups in total. The van der Waals surface area contributed by atoms with Gasteiger partial charge in [0.05, 0.1) is 12.1 Å². The molecular weight excluding hydrogens is 354 g/mol. The highest BCUT2D eigenvalue weighted by atomic mass is 16.1. The number of nitrogens with zero attached hydrogens (tertiary/aromatic N) is 3. The van der Waals surface area contributed by atoms with E-state index in [4.69, 9.17) is 0 Å². The maximum absolute atomic E-state index is 12.4. The molecule has 3 aromatic rings. The first-order chi connectivity index (χ1) is 13.7. The Morgan fingerprint density at radius 2 is 2.07 bits per heavy atom. The summed E-state index contributed by atoms with van der Waals surface area (Å²) in [6, 6.07) is 11.3. The molecule has 0 atom stereocenters. The molecule has 0 fully saturated rings. The number of carbonyl (C=O) groups excluding carboxylic acids is 1. The molecule has 0 saturated carbocycles. The quantitative estimate of drug-likeness (QED) is 0.646. The fourth-order valence-electron chi connectivity index (χ4n) is 3.52. The van der Waals surface area contributed by atoms with Gasteiger partial charge in [-0.25, -0.2) is 9.61 Å². The topological polar surface area (TPSA) is 92.2 Å². The molecule has 1 aliphatic carbocycles. The number of aromatic amines is 1. The minimum atomic E-state index is -0.330. The second-order valence-electron chi connectivity index (χ2n) is 7.05. The SMILES string of the molecule is O=C(Cc1n[nH]c(=O)c2cc(-c3ccccc3)nn12)NCCC1=CCCCC1. The van der Waals surface area contributed by atoms with Gasteiger partial charge >= 0.3 is 0 Å². The molecule has 2 aromatic heterocycles. The Morgan fingerprint density at radius 3 is 2.86 bits per heavy atom. The Morgan fingerprint density at radius 1 is 1.21 bits per heavy atom. The summed E-state index contributed by atoms with van der Waals surface area (Å²) >= 11 is 0. The van der Waals surface area contributed by atoms with Crippen molar-refractivity contribution in [1.82, 2.24) is 25.1 Å². The zero-order chi connectivity index (χ0) is 19.3. The lowest BCUT2D eigenvalue weighted by Crippen LogP contribution is -2.29. The largest absolute Gasteiger partial charge is 0.355 e. The van der Waals surface area contributed by atoms with Gasteiger partial charge in [-0.1, -0.05) is 42.0 Å². The summed E-state index contributed by atoms with van der Waals surface area (Å²) in [4.78, 5) is 24.5. The zero-order valence-electron chi connectivity index (χ0n) is 15.6. The van der Waals surface area contributed by atoms with Crippen LogP contribution in [0.5, 0.6) is 0 Å². The smallest absolute Gasteiger partial charge is 0.290 e. The highest BCUT2D eigenvalue weighted by Gasteiger charge is 2.14. The van der Waals surface area contributed by atoms with Crippen LogP contribution in [0.15, 0.2) is 52.8 Å². The first kappa shape index (κ1) is 18.2. The standard InChI is InChI=1S/C21H23N5O2/c27-20(22-12-11-15-7-3-1-4-8-15)14-19-23-24-21(28)18-13-17(25-26(18)19)16-9-5-2-6-10-16/h2,5-7,9-10,13H,1,3-4,8,11-12,14H2,(H,22,27)(H,24,28). The van der Waals surface area contributed by atoms with Gasteiger partial charge in [-0.05, 0) is 38.2 Å². The molecule has 1 aromatic carbocycles. The summed E-state index contributed by atoms with van der Waals surface area (Å²) in [5, 5.41) is 13.9. The van der Waals surface area contributed by atoms with Gasteiger partial charge in [-0.15, -0.1) is 0 Å². The maximum atomic E-state index is 12.4. The highest BCUT2D eigenvalue weighted by molar-refractivity contribution is 5.78. The summed E-state index contributed by atoms with van der Waals surface area (Å²) in [6.07, 6.45) is 8.01. The van der Waals surface area contributed by atoms with Crippen molar-refractivity contribution in [2.24, 2.45) is 0 Å². The molecular formula is C21H23N5O2. The minimum absolute atomic E-state index is 0.0578. The number of amides is 1. The van der Waals surface area contributed by atoms with Gasteiger partial charge < -0.3 is 5.32 Å². The molecule has 7 nitrogen and oxygen atoms in total. The number of hydrogen-bond acceptors (Lipinski definition) is 4. The van der Waals surface area contributed by atoms with Crippen LogP contribution in [-0.2, 0) is 11.2 Å². The molecule has 4 rings (SSSR count). The van der Waals surface area contributed by atoms with Crippen LogP contribution in [0.1, 0.15) is 37.9 Å². The third kappa shape index (κ3) is 4.03. The van der Waals surface area contributed by atoms with E-state index in [1.54, 1.807) is 6.07 Å². The second-order valence-corrected chi connectivity index (χ2v) is 7.05. The number of benzene rings is 1. The Balaban J connectivity index is 1.48. The second kappa shape index (κ2) is 8.21. The molecule has 2 heterocycles. The summed E-state index contributed by atoms with van der Waals surface area (Å²) in [7, 11) is 0. The van der Waals surface area contributed by atoms with Gasteiger partial charge in [-0.3, -0.25) is 9.59 Å². The lowest BCUT2D eigenvalue weighted by Gasteiger charge is -2.12. The fourth-order valence-corrected chi connectivity index (χ4v) is 3.52. The Kier molecular flexibility index (Phi) is 5.32. The van der Waals surface area contributed by atoms with E-state index in [0.29, 0.717) is 23.6 Å². The summed E-state index contributed by atoms with van der Waals surface area (Å²) in [5.74, 6) is 0.278. The van der Waals surface area contributed by atoms with Gasteiger partial charge in [0.2, 0.25) is 5.91 Å². The number of hydrogen-bond donors (Lipinski definition) is 2. The fraction of sp³-hybridized carbons (Fsp3) is 0.333. The highest BCUT2D eigenvalue weighted by Crippen LogP contribution is 2.20. The van der Waals surface area contributed by atoms with E-state index in [-0.39, 0.29) is 17.9 Å². The van der Waals surface area contributed by atoms with Gasteiger partial charge in [0.1, 0.15) is 5.52 Å². The third-order valence-electron chi connectivity index (χ3n) is 5.01. The van der Waals surface area contributed by atoms with Crippen molar-refractivity contribution in [2.75, 3.05) is 6.54 Å². The van der Waals surface area contributed by atoms with E-state index in [2.05, 4.69) is 26.7 Å². The van der Waals surface area contributed by atoms with Crippen molar-refractivity contribution in [3.63, 3.8) is 0 Å². The minimum Gasteiger partial charge on any atom is -0.355 e. The molecule has 0 saturated heterocycles. The number of rotatable bonds is 6. The number of H-pyrrole nitrogens is 1. The predicted octanol–water partition coefficient (Wildman–Crippen LogP) is 2.63. The van der Waals surface area contributed by atoms with E-state index >= 15 is 0 Å². The number of nitrogens with one attached hydrogen (secondary N) is 2. The van der Waals surface area contributed by atoms with Gasteiger partial charge in [0.15, 0.2) is 5.82 Å². The lowest BCUT2D eigenvalue weighted by molar-refractivity contribution is -0.120. The molecule has 144 valence electrons. The van der Waals surface area contributed by atoms with Crippen molar-refractivity contribution < 1.29 is 4.79 Å². The van der Waals surface area contributed by atoms with Crippen molar-refractivity contribution >= 4 is 11.4 Å². The van der Waals surface area contributed by atoms with E-state index in [1.165, 1.54) is 22.9 Å². The van der Waals surface area contributed by atoms with Crippen LogP contribution in [0.3, 0.4) is 0 Å². The first-order valence-corrected chi connectivity index (χ1v) is 9.68. The lowest BCUT2D eigenvalue weighted by atomic mass is 9.97. The van der Waals surface area contributed by atoms with Gasteiger partial charge in [-0.2, -0.15) is 10.2 Å². The van der Waals surface area contributed by atoms with Gasteiger partial charge in [0.25, 0.3) is 5.56 Å². The normalized spacial score (nSPS) is 14.1. The van der Waals surface area contributed by atoms with Crippen molar-refractivity contribution in [2.45, 2.75) is 38.5 Å². The molecule has 0 aliphatic heterocycles. The molecule has 1 aliphatic rings. The average molecular weight is 377 g/mol. The number of fused-ring (bicyclic) bond motifs is 1. The zero-order valence-corrected chi connectivity index (χ0v) is 15.6. The summed E-state index contributed by atoms with van der Waals surface area (Å²) < 4.78 is 1.46. The van der Waals surface area contributed by atoms with E-state index in [0.717, 1.165) is 24.8 Å². The molecule has 0 spiro atoms. The van der Waals surface area contributed by atoms with Crippen LogP contribution >= 0.6 is 0 Å². The van der Waals surface area contributed by atoms with E-state index in [9.17, 15) is 9.59 Å². The molecule has 0 unspecified atom stereocenters. The predicted molar refractivity (Wildman–Crippen MR) is 107 cm³/mol. The molecule has 28 heavy (non-hydrogen) atoms. The van der Waals surface area contributed by atoms with Crippen molar-refractivity contribution in [3.05, 3.63) is 64.2 Å². The molecule has 0 radical (unpaired) electrons. The van der Waals surface area contributed by atoms with Crippen molar-refractivity contribution in [1.29, 1.82) is 0 Å². The third-order valence-corrected chi connectivity index (χ3v) is 5.01. The monoisotopic (exact) mass is 377 g/mol. The number of allylic oxidation sites excluding steroid dienone is 1. The van der Waals surface area contributed by atoms with E-state index < -0.39 is 0 Å². The number of aromatic nitrogens is 4. The molecule has 7 heteroatoms. The maximum Gasteiger partial charge on any atom is 0.290 e. The summed E-state index contributed by atoms with van der Waals surface area (Å²) in [6.45, 7) is 0.617. The van der Waals surface area contributed by atoms with Crippen molar-refractivity contribution in [3.8, 4) is 11.3 Å². The Hall–Kier alpha value is -3.22. The van der Waals surface area contributed by atoms with Crippen LogP contribution in [0, 0.1) is 0 Å².